The molecule has 3 aromatic rings. The summed E-state index contributed by atoms with van der Waals surface area (Å²) in [6.45, 7) is 11.6. The van der Waals surface area contributed by atoms with E-state index in [1.807, 2.05) is 24.3 Å². The third kappa shape index (κ3) is 9.81. The Morgan fingerprint density at radius 3 is 2.05 bits per heavy atom. The number of thiophene rings is 1. The van der Waals surface area contributed by atoms with Crippen molar-refractivity contribution in [2.24, 2.45) is 0 Å². The molecule has 5 atom stereocenters. The third-order valence-corrected chi connectivity index (χ3v) is 9.34. The van der Waals surface area contributed by atoms with E-state index in [4.69, 9.17) is 23.7 Å². The largest absolute Gasteiger partial charge is 0.379 e. The minimum absolute atomic E-state index is 0.207. The normalized spacial score (nSPS) is 22.2. The molecule has 0 radical (unpaired) electrons. The first-order valence-electron chi connectivity index (χ1n) is 16.9. The van der Waals surface area contributed by atoms with Gasteiger partial charge in [0.1, 0.15) is 36.3 Å². The molecule has 0 bridgehead atoms. The Morgan fingerprint density at radius 1 is 0.727 bits per heavy atom. The van der Waals surface area contributed by atoms with Gasteiger partial charge in [-0.05, 0) is 66.5 Å². The molecule has 5 unspecified atom stereocenters. The van der Waals surface area contributed by atoms with Gasteiger partial charge in [0.2, 0.25) is 0 Å². The zero-order chi connectivity index (χ0) is 31.1. The lowest BCUT2D eigenvalue weighted by Crippen LogP contribution is -2.58. The van der Waals surface area contributed by atoms with E-state index in [0.717, 1.165) is 61.8 Å². The van der Waals surface area contributed by atoms with Gasteiger partial charge < -0.3 is 23.7 Å². The fraction of sp³-hybridized carbons (Fsp3) is 0.622. The molecule has 2 aromatic carbocycles. The van der Waals surface area contributed by atoms with Crippen LogP contribution in [0.3, 0.4) is 0 Å². The number of ether oxygens (including phenoxy) is 5. The maximum Gasteiger partial charge on any atom is 0.126 e. The molecule has 0 saturated carbocycles. The molecule has 244 valence electrons. The summed E-state index contributed by atoms with van der Waals surface area (Å²) in [4.78, 5) is 1.13. The van der Waals surface area contributed by atoms with Gasteiger partial charge in [0, 0.05) is 42.4 Å². The van der Waals surface area contributed by atoms with Crippen molar-refractivity contribution in [3.05, 3.63) is 70.4 Å². The van der Waals surface area contributed by atoms with Crippen LogP contribution in [-0.2, 0) is 30.1 Å². The first-order valence-corrected chi connectivity index (χ1v) is 17.7. The van der Waals surface area contributed by atoms with Gasteiger partial charge in [-0.1, -0.05) is 77.6 Å². The summed E-state index contributed by atoms with van der Waals surface area (Å²) in [6.07, 6.45) is 6.76. The predicted octanol–water partition coefficient (Wildman–Crippen LogP) is 9.44. The monoisotopic (exact) mass is 628 g/mol. The minimum Gasteiger partial charge on any atom is -0.379 e. The van der Waals surface area contributed by atoms with Crippen LogP contribution in [0.25, 0.3) is 10.1 Å². The lowest BCUT2D eigenvalue weighted by atomic mass is 9.89. The summed E-state index contributed by atoms with van der Waals surface area (Å²) in [5, 5.41) is 1.19. The Labute approximate surface area is 268 Å². The Bertz CT molecular complexity index is 1200. The highest BCUT2D eigenvalue weighted by molar-refractivity contribution is 7.19. The summed E-state index contributed by atoms with van der Waals surface area (Å²) < 4.78 is 49.4. The summed E-state index contributed by atoms with van der Waals surface area (Å²) in [6, 6.07) is 15.9. The topological polar surface area (TPSA) is 46.2 Å². The van der Waals surface area contributed by atoms with Crippen LogP contribution in [0, 0.1) is 5.82 Å². The highest BCUT2D eigenvalue weighted by Gasteiger charge is 2.48. The number of fused-ring (bicyclic) bond motifs is 1. The Balaban J connectivity index is 1.67. The molecule has 44 heavy (non-hydrogen) atoms. The van der Waals surface area contributed by atoms with Crippen molar-refractivity contribution in [2.75, 3.05) is 33.0 Å². The number of hydrogen-bond acceptors (Lipinski definition) is 6. The van der Waals surface area contributed by atoms with Gasteiger partial charge in [-0.3, -0.25) is 0 Å². The summed E-state index contributed by atoms with van der Waals surface area (Å²) in [7, 11) is 0. The average Bonchev–Trinajstić information content (AvgIpc) is 3.44. The van der Waals surface area contributed by atoms with Crippen LogP contribution in [0.5, 0.6) is 0 Å². The second-order valence-electron chi connectivity index (χ2n) is 11.9. The van der Waals surface area contributed by atoms with Crippen LogP contribution in [0.2, 0.25) is 0 Å². The highest BCUT2D eigenvalue weighted by atomic mass is 32.1. The Kier molecular flexibility index (Phi) is 15.1. The predicted molar refractivity (Wildman–Crippen MR) is 178 cm³/mol. The second-order valence-corrected chi connectivity index (χ2v) is 13.0. The van der Waals surface area contributed by atoms with Crippen molar-refractivity contribution >= 4 is 21.4 Å². The van der Waals surface area contributed by atoms with E-state index in [0.29, 0.717) is 45.0 Å². The van der Waals surface area contributed by atoms with Gasteiger partial charge in [-0.15, -0.1) is 11.3 Å². The highest BCUT2D eigenvalue weighted by Crippen LogP contribution is 2.39. The van der Waals surface area contributed by atoms with E-state index < -0.39 is 6.10 Å². The lowest BCUT2D eigenvalue weighted by Gasteiger charge is -2.46. The van der Waals surface area contributed by atoms with Crippen molar-refractivity contribution < 1.29 is 28.1 Å². The molecule has 1 aromatic heterocycles. The smallest absolute Gasteiger partial charge is 0.126 e. The fourth-order valence-electron chi connectivity index (χ4n) is 5.65. The summed E-state index contributed by atoms with van der Waals surface area (Å²) in [5.74, 6) is -0.207. The van der Waals surface area contributed by atoms with E-state index in [2.05, 4.69) is 45.9 Å². The zero-order valence-electron chi connectivity index (χ0n) is 27.2. The molecule has 0 aliphatic carbocycles. The third-order valence-electron chi connectivity index (χ3n) is 8.22. The van der Waals surface area contributed by atoms with Crippen molar-refractivity contribution in [3.63, 3.8) is 0 Å². The van der Waals surface area contributed by atoms with Crippen LogP contribution in [0.1, 0.15) is 101 Å². The van der Waals surface area contributed by atoms with Gasteiger partial charge in [0.05, 0.1) is 6.61 Å². The maximum absolute atomic E-state index is 15.3. The summed E-state index contributed by atoms with van der Waals surface area (Å²) >= 11 is 1.72. The van der Waals surface area contributed by atoms with Crippen molar-refractivity contribution in [2.45, 2.75) is 116 Å². The molecular formula is C37H53FO5S. The van der Waals surface area contributed by atoms with E-state index in [1.165, 1.54) is 10.1 Å². The van der Waals surface area contributed by atoms with Gasteiger partial charge in [-0.2, -0.15) is 0 Å². The van der Waals surface area contributed by atoms with Gasteiger partial charge >= 0.3 is 0 Å². The molecular weight excluding hydrogens is 575 g/mol. The quantitative estimate of drug-likeness (QED) is 0.117. The number of halogens is 1. The molecule has 1 saturated heterocycles. The number of benzene rings is 2. The van der Waals surface area contributed by atoms with Gasteiger partial charge in [0.15, 0.2) is 0 Å². The van der Waals surface area contributed by atoms with Crippen LogP contribution in [0.4, 0.5) is 4.39 Å². The first kappa shape index (κ1) is 35.0. The second kappa shape index (κ2) is 18.9. The molecule has 0 amide bonds. The Morgan fingerprint density at radius 2 is 1.36 bits per heavy atom. The fourth-order valence-corrected chi connectivity index (χ4v) is 6.73. The Hall–Kier alpha value is -1.87. The molecule has 1 aliphatic rings. The van der Waals surface area contributed by atoms with E-state index in [-0.39, 0.29) is 30.2 Å². The summed E-state index contributed by atoms with van der Waals surface area (Å²) in [5.41, 5.74) is 1.56. The lowest BCUT2D eigenvalue weighted by molar-refractivity contribution is -0.268. The molecule has 4 rings (SSSR count). The van der Waals surface area contributed by atoms with Crippen molar-refractivity contribution in [3.8, 4) is 0 Å². The number of hydrogen-bond donors (Lipinski definition) is 0. The van der Waals surface area contributed by atoms with Crippen LogP contribution >= 0.6 is 11.3 Å². The number of unbranched alkanes of at least 4 members (excludes halogenated alkanes) is 4. The minimum atomic E-state index is -0.439. The molecule has 1 fully saturated rings. The zero-order valence-corrected chi connectivity index (χ0v) is 28.0. The van der Waals surface area contributed by atoms with Crippen LogP contribution in [-0.4, -0.2) is 57.5 Å². The molecule has 2 heterocycles. The molecule has 0 spiro atoms. The SMILES string of the molecule is CCCCOCC1OC(c2ccc(F)c(Cc3cc4ccccc4s3)c2)C(OCCCC)C(OCCCC)C1OCCCC. The van der Waals surface area contributed by atoms with Gasteiger partial charge in [0.25, 0.3) is 0 Å². The van der Waals surface area contributed by atoms with E-state index in [9.17, 15) is 0 Å². The molecule has 1 aliphatic heterocycles. The van der Waals surface area contributed by atoms with Gasteiger partial charge in [-0.25, -0.2) is 4.39 Å². The first-order chi connectivity index (χ1) is 21.6. The maximum atomic E-state index is 15.3. The van der Waals surface area contributed by atoms with Crippen LogP contribution in [0.15, 0.2) is 48.5 Å². The van der Waals surface area contributed by atoms with E-state index >= 15 is 4.39 Å². The molecule has 5 nitrogen and oxygen atoms in total. The number of rotatable bonds is 20. The molecule has 0 N–H and O–H groups in total. The standard InChI is InChI=1S/C37H53FO5S/c1-5-9-19-39-26-32-35(40-20-10-6-2)37(42-22-12-8-4)36(41-21-11-7-3)34(43-32)28-17-18-31(38)29(23-28)25-30-24-27-15-13-14-16-33(27)44-30/h13-18,23-24,32,34-37H,5-12,19-22,25-26H2,1-4H3. The van der Waals surface area contributed by atoms with Crippen LogP contribution < -0.4 is 0 Å². The van der Waals surface area contributed by atoms with Crippen molar-refractivity contribution in [1.29, 1.82) is 0 Å². The van der Waals surface area contributed by atoms with E-state index in [1.54, 1.807) is 17.4 Å². The average molecular weight is 629 g/mol. The van der Waals surface area contributed by atoms with Crippen molar-refractivity contribution in [1.82, 2.24) is 0 Å². The molecule has 7 heteroatoms.